The van der Waals surface area contributed by atoms with Gasteiger partial charge in [0.1, 0.15) is 0 Å². The van der Waals surface area contributed by atoms with E-state index >= 15 is 0 Å². The molecule has 2 atom stereocenters. The fraction of sp³-hybridized carbons (Fsp3) is 0.520. The molecule has 3 aliphatic heterocycles. The van der Waals surface area contributed by atoms with E-state index in [1.807, 2.05) is 0 Å². The third kappa shape index (κ3) is 3.83. The molecule has 0 aromatic heterocycles. The summed E-state index contributed by atoms with van der Waals surface area (Å²) in [6, 6.07) is 22.0. The minimum Gasteiger partial charge on any atom is -0.369 e. The van der Waals surface area contributed by atoms with Crippen LogP contribution in [0, 0.1) is 0 Å². The molecule has 0 radical (unpaired) electrons. The van der Waals surface area contributed by atoms with E-state index in [-0.39, 0.29) is 0 Å². The number of hydrogen-bond acceptors (Lipinski definition) is 3. The molecular weight excluding hydrogens is 342 g/mol. The van der Waals surface area contributed by atoms with Gasteiger partial charge in [-0.2, -0.15) is 0 Å². The maximum atomic E-state index is 2.79. The minimum atomic E-state index is 0.675. The predicted octanol–water partition coefficient (Wildman–Crippen LogP) is 4.70. The summed E-state index contributed by atoms with van der Waals surface area (Å²) in [5, 5.41) is 0. The molecule has 0 amide bonds. The van der Waals surface area contributed by atoms with Gasteiger partial charge in [-0.05, 0) is 55.5 Å². The molecule has 3 fully saturated rings. The van der Waals surface area contributed by atoms with Gasteiger partial charge in [0, 0.05) is 50.5 Å². The highest BCUT2D eigenvalue weighted by Gasteiger charge is 2.35. The van der Waals surface area contributed by atoms with Gasteiger partial charge < -0.3 is 4.90 Å². The van der Waals surface area contributed by atoms with E-state index in [1.54, 1.807) is 5.56 Å². The molecule has 3 nitrogen and oxygen atoms in total. The molecule has 3 heterocycles. The van der Waals surface area contributed by atoms with Crippen molar-refractivity contribution in [3.05, 3.63) is 65.7 Å². The van der Waals surface area contributed by atoms with Crippen LogP contribution in [0.1, 0.15) is 49.3 Å². The van der Waals surface area contributed by atoms with Crippen molar-refractivity contribution in [2.24, 2.45) is 0 Å². The zero-order valence-electron chi connectivity index (χ0n) is 17.0. The van der Waals surface area contributed by atoms with Crippen LogP contribution in [-0.2, 0) is 6.54 Å². The first kappa shape index (κ1) is 18.2. The summed E-state index contributed by atoms with van der Waals surface area (Å²) >= 11 is 0. The monoisotopic (exact) mass is 375 g/mol. The van der Waals surface area contributed by atoms with Crippen LogP contribution in [0.15, 0.2) is 54.6 Å². The molecule has 0 bridgehead atoms. The third-order valence-electron chi connectivity index (χ3n) is 7.11. The van der Waals surface area contributed by atoms with Crippen molar-refractivity contribution in [3.8, 4) is 0 Å². The first-order valence-corrected chi connectivity index (χ1v) is 11.2. The zero-order chi connectivity index (χ0) is 18.8. The first-order valence-electron chi connectivity index (χ1n) is 11.2. The van der Waals surface area contributed by atoms with Crippen LogP contribution in [0.4, 0.5) is 5.69 Å². The molecular formula is C25H33N3. The van der Waals surface area contributed by atoms with Crippen LogP contribution in [-0.4, -0.2) is 48.6 Å². The van der Waals surface area contributed by atoms with Crippen LogP contribution in [0.2, 0.25) is 0 Å². The molecule has 0 saturated carbocycles. The van der Waals surface area contributed by atoms with E-state index in [2.05, 4.69) is 69.3 Å². The van der Waals surface area contributed by atoms with E-state index in [0.29, 0.717) is 6.04 Å². The average Bonchev–Trinajstić information content (AvgIpc) is 3.20. The van der Waals surface area contributed by atoms with Crippen LogP contribution in [0.25, 0.3) is 0 Å². The van der Waals surface area contributed by atoms with Crippen molar-refractivity contribution in [1.82, 2.24) is 9.80 Å². The normalized spacial score (nSPS) is 26.4. The standard InChI is InChI=1S/C25H33N3/c1-2-6-23(7-3-1)27-18-16-26(17-19-27)20-21-9-11-22(12-10-21)25-14-13-24-8-4-5-15-28(24)25/h1-3,6-7,9-12,24-25H,4-5,8,13-20H2/t24-,25-/m1/s1. The number of rotatable bonds is 4. The van der Waals surface area contributed by atoms with Gasteiger partial charge in [0.15, 0.2) is 0 Å². The number of benzene rings is 2. The van der Waals surface area contributed by atoms with Crippen LogP contribution >= 0.6 is 0 Å². The van der Waals surface area contributed by atoms with Gasteiger partial charge in [-0.3, -0.25) is 9.80 Å². The summed E-state index contributed by atoms with van der Waals surface area (Å²) in [6.07, 6.45) is 7.00. The Morgan fingerprint density at radius 1 is 0.714 bits per heavy atom. The van der Waals surface area contributed by atoms with Crippen molar-refractivity contribution >= 4 is 5.69 Å². The molecule has 2 aromatic rings. The SMILES string of the molecule is c1ccc(N2CCN(Cc3ccc([C@H]4CC[C@H]5CCCCN54)cc3)CC2)cc1. The lowest BCUT2D eigenvalue weighted by atomic mass is 10.0. The lowest BCUT2D eigenvalue weighted by Gasteiger charge is -2.36. The van der Waals surface area contributed by atoms with Crippen molar-refractivity contribution in [3.63, 3.8) is 0 Å². The lowest BCUT2D eigenvalue weighted by Crippen LogP contribution is -2.45. The van der Waals surface area contributed by atoms with Gasteiger partial charge in [0.2, 0.25) is 0 Å². The van der Waals surface area contributed by atoms with Gasteiger partial charge in [-0.15, -0.1) is 0 Å². The smallest absolute Gasteiger partial charge is 0.0367 e. The topological polar surface area (TPSA) is 9.72 Å². The second-order valence-electron chi connectivity index (χ2n) is 8.82. The van der Waals surface area contributed by atoms with E-state index < -0.39 is 0 Å². The van der Waals surface area contributed by atoms with Gasteiger partial charge >= 0.3 is 0 Å². The van der Waals surface area contributed by atoms with Crippen molar-refractivity contribution in [1.29, 1.82) is 0 Å². The molecule has 0 N–H and O–H groups in total. The Bertz CT molecular complexity index is 749. The second-order valence-corrected chi connectivity index (χ2v) is 8.82. The zero-order valence-corrected chi connectivity index (χ0v) is 17.0. The van der Waals surface area contributed by atoms with E-state index in [9.17, 15) is 0 Å². The molecule has 28 heavy (non-hydrogen) atoms. The Morgan fingerprint density at radius 2 is 1.50 bits per heavy atom. The highest BCUT2D eigenvalue weighted by atomic mass is 15.3. The number of anilines is 1. The summed E-state index contributed by atoms with van der Waals surface area (Å²) in [5.74, 6) is 0. The highest BCUT2D eigenvalue weighted by Crippen LogP contribution is 2.40. The summed E-state index contributed by atoms with van der Waals surface area (Å²) in [7, 11) is 0. The molecule has 0 unspecified atom stereocenters. The predicted molar refractivity (Wildman–Crippen MR) is 117 cm³/mol. The third-order valence-corrected chi connectivity index (χ3v) is 7.11. The number of piperazine rings is 1. The molecule has 148 valence electrons. The Balaban J connectivity index is 1.16. The van der Waals surface area contributed by atoms with Gasteiger partial charge in [0.25, 0.3) is 0 Å². The van der Waals surface area contributed by atoms with E-state index in [4.69, 9.17) is 0 Å². The van der Waals surface area contributed by atoms with Crippen LogP contribution in [0.3, 0.4) is 0 Å². The summed E-state index contributed by atoms with van der Waals surface area (Å²) in [5.41, 5.74) is 4.37. The summed E-state index contributed by atoms with van der Waals surface area (Å²) < 4.78 is 0. The quantitative estimate of drug-likeness (QED) is 0.767. The fourth-order valence-electron chi connectivity index (χ4n) is 5.52. The Morgan fingerprint density at radius 3 is 2.29 bits per heavy atom. The van der Waals surface area contributed by atoms with Gasteiger partial charge in [-0.25, -0.2) is 0 Å². The Kier molecular flexibility index (Phi) is 5.37. The minimum absolute atomic E-state index is 0.675. The number of para-hydroxylation sites is 1. The molecule has 5 rings (SSSR count). The van der Waals surface area contributed by atoms with Gasteiger partial charge in [0.05, 0.1) is 0 Å². The van der Waals surface area contributed by atoms with Crippen LogP contribution < -0.4 is 4.90 Å². The maximum absolute atomic E-state index is 2.79. The molecule has 3 saturated heterocycles. The summed E-state index contributed by atoms with van der Waals surface area (Å²) in [4.78, 5) is 7.90. The number of fused-ring (bicyclic) bond motifs is 1. The van der Waals surface area contributed by atoms with Crippen molar-refractivity contribution in [2.75, 3.05) is 37.6 Å². The number of piperidine rings is 1. The number of hydrogen-bond donors (Lipinski definition) is 0. The van der Waals surface area contributed by atoms with Crippen molar-refractivity contribution < 1.29 is 0 Å². The Labute approximate surface area is 169 Å². The van der Waals surface area contributed by atoms with Gasteiger partial charge in [-0.1, -0.05) is 48.9 Å². The summed E-state index contributed by atoms with van der Waals surface area (Å²) in [6.45, 7) is 6.94. The lowest BCUT2D eigenvalue weighted by molar-refractivity contribution is 0.150. The fourth-order valence-corrected chi connectivity index (χ4v) is 5.52. The molecule has 0 spiro atoms. The largest absolute Gasteiger partial charge is 0.369 e. The molecule has 3 heteroatoms. The first-order chi connectivity index (χ1) is 13.9. The van der Waals surface area contributed by atoms with Crippen LogP contribution in [0.5, 0.6) is 0 Å². The average molecular weight is 376 g/mol. The number of nitrogens with zero attached hydrogens (tertiary/aromatic N) is 3. The second kappa shape index (κ2) is 8.26. The molecule has 2 aromatic carbocycles. The maximum Gasteiger partial charge on any atom is 0.0367 e. The van der Waals surface area contributed by atoms with E-state index in [1.165, 1.54) is 49.9 Å². The molecule has 3 aliphatic rings. The Hall–Kier alpha value is -1.84. The van der Waals surface area contributed by atoms with E-state index in [0.717, 1.165) is 38.8 Å². The van der Waals surface area contributed by atoms with Crippen molar-refractivity contribution in [2.45, 2.75) is 50.7 Å². The molecule has 0 aliphatic carbocycles. The highest BCUT2D eigenvalue weighted by molar-refractivity contribution is 5.46.